The Morgan fingerprint density at radius 2 is 2.00 bits per heavy atom. The van der Waals surface area contributed by atoms with Gasteiger partial charge in [0.25, 0.3) is 11.8 Å². The quantitative estimate of drug-likeness (QED) is 0.598. The smallest absolute Gasteiger partial charge is 0.264 e. The van der Waals surface area contributed by atoms with E-state index in [2.05, 4.69) is 5.32 Å². The van der Waals surface area contributed by atoms with Crippen molar-refractivity contribution in [2.24, 2.45) is 0 Å². The molecule has 1 aliphatic rings. The Morgan fingerprint density at radius 3 is 2.65 bits per heavy atom. The van der Waals surface area contributed by atoms with Crippen LogP contribution >= 0.6 is 0 Å². The lowest BCUT2D eigenvalue weighted by atomic mass is 10.1. The van der Waals surface area contributed by atoms with Crippen molar-refractivity contribution in [3.63, 3.8) is 0 Å². The Kier molecular flexibility index (Phi) is 5.44. The molecule has 7 heteroatoms. The van der Waals surface area contributed by atoms with Crippen LogP contribution in [0.2, 0.25) is 0 Å². The molecule has 0 unspecified atom stereocenters. The van der Waals surface area contributed by atoms with Crippen LogP contribution in [0, 0.1) is 5.82 Å². The molecular formula is C16H20FN3O3. The van der Waals surface area contributed by atoms with Crippen LogP contribution in [-0.2, 0) is 4.79 Å². The highest BCUT2D eigenvalue weighted by atomic mass is 19.1. The third kappa shape index (κ3) is 3.92. The first-order valence-electron chi connectivity index (χ1n) is 7.48. The van der Waals surface area contributed by atoms with Gasteiger partial charge in [-0.25, -0.2) is 4.39 Å². The van der Waals surface area contributed by atoms with Crippen molar-refractivity contribution in [2.45, 2.75) is 12.8 Å². The standard InChI is InChI=1S/C16H20FN3O3/c1-19(2)9-4-8-18-13(21)7-10-20-15(22)11-5-3-6-12(17)14(11)16(20)23/h3,5-6H,4,7-10H2,1-2H3,(H,18,21). The molecule has 6 nitrogen and oxygen atoms in total. The van der Waals surface area contributed by atoms with E-state index in [0.29, 0.717) is 6.54 Å². The van der Waals surface area contributed by atoms with Crippen LogP contribution in [0.25, 0.3) is 0 Å². The molecule has 0 saturated carbocycles. The summed E-state index contributed by atoms with van der Waals surface area (Å²) in [7, 11) is 3.90. The van der Waals surface area contributed by atoms with Gasteiger partial charge in [-0.1, -0.05) is 6.07 Å². The number of imide groups is 1. The first-order valence-corrected chi connectivity index (χ1v) is 7.48. The van der Waals surface area contributed by atoms with Crippen molar-refractivity contribution < 1.29 is 18.8 Å². The second-order valence-electron chi connectivity index (χ2n) is 5.68. The molecule has 1 heterocycles. The number of nitrogens with one attached hydrogen (secondary N) is 1. The Balaban J connectivity index is 1.85. The van der Waals surface area contributed by atoms with Gasteiger partial charge in [0.2, 0.25) is 5.91 Å². The molecule has 0 bridgehead atoms. The van der Waals surface area contributed by atoms with E-state index in [1.54, 1.807) is 0 Å². The van der Waals surface area contributed by atoms with Crippen molar-refractivity contribution >= 4 is 17.7 Å². The molecule has 2 rings (SSSR count). The number of hydrogen-bond donors (Lipinski definition) is 1. The number of carbonyl (C=O) groups is 3. The van der Waals surface area contributed by atoms with Gasteiger partial charge >= 0.3 is 0 Å². The maximum atomic E-state index is 13.7. The summed E-state index contributed by atoms with van der Waals surface area (Å²) in [6, 6.07) is 3.95. The number of hydrogen-bond acceptors (Lipinski definition) is 4. The Bertz CT molecular complexity index is 631. The van der Waals surface area contributed by atoms with Gasteiger partial charge in [-0.05, 0) is 39.2 Å². The predicted molar refractivity (Wildman–Crippen MR) is 82.6 cm³/mol. The molecular weight excluding hydrogens is 301 g/mol. The zero-order valence-corrected chi connectivity index (χ0v) is 13.3. The van der Waals surface area contributed by atoms with Crippen molar-refractivity contribution in [1.29, 1.82) is 0 Å². The van der Waals surface area contributed by atoms with Gasteiger partial charge in [0.05, 0.1) is 11.1 Å². The van der Waals surface area contributed by atoms with Crippen molar-refractivity contribution in [3.8, 4) is 0 Å². The third-order valence-electron chi connectivity index (χ3n) is 3.61. The molecule has 1 N–H and O–H groups in total. The number of fused-ring (bicyclic) bond motifs is 1. The third-order valence-corrected chi connectivity index (χ3v) is 3.61. The van der Waals surface area contributed by atoms with Gasteiger partial charge in [0.15, 0.2) is 0 Å². The molecule has 1 aromatic carbocycles. The minimum absolute atomic E-state index is 0.00898. The molecule has 0 spiro atoms. The van der Waals surface area contributed by atoms with Crippen LogP contribution in [0.4, 0.5) is 4.39 Å². The molecule has 1 aromatic rings. The fraction of sp³-hybridized carbons (Fsp3) is 0.438. The molecule has 3 amide bonds. The minimum Gasteiger partial charge on any atom is -0.356 e. The number of halogens is 1. The second-order valence-corrected chi connectivity index (χ2v) is 5.68. The number of carbonyl (C=O) groups excluding carboxylic acids is 3. The van der Waals surface area contributed by atoms with Crippen molar-refractivity contribution in [3.05, 3.63) is 35.1 Å². The molecule has 0 atom stereocenters. The first-order chi connectivity index (χ1) is 10.9. The maximum Gasteiger partial charge on any atom is 0.264 e. The van der Waals surface area contributed by atoms with Crippen LogP contribution in [0.15, 0.2) is 18.2 Å². The van der Waals surface area contributed by atoms with E-state index in [1.807, 2.05) is 19.0 Å². The topological polar surface area (TPSA) is 69.7 Å². The SMILES string of the molecule is CN(C)CCCNC(=O)CCN1C(=O)c2cccc(F)c2C1=O. The van der Waals surface area contributed by atoms with Crippen LogP contribution in [0.3, 0.4) is 0 Å². The Labute approximate surface area is 134 Å². The fourth-order valence-corrected chi connectivity index (χ4v) is 2.42. The van der Waals surface area contributed by atoms with Gasteiger partial charge in [0, 0.05) is 19.5 Å². The summed E-state index contributed by atoms with van der Waals surface area (Å²) in [6.07, 6.45) is 0.825. The highest BCUT2D eigenvalue weighted by molar-refractivity contribution is 6.21. The van der Waals surface area contributed by atoms with E-state index in [9.17, 15) is 18.8 Å². The number of nitrogens with zero attached hydrogens (tertiary/aromatic N) is 2. The van der Waals surface area contributed by atoms with Crippen molar-refractivity contribution in [1.82, 2.24) is 15.1 Å². The number of rotatable bonds is 7. The van der Waals surface area contributed by atoms with E-state index < -0.39 is 17.6 Å². The molecule has 124 valence electrons. The lowest BCUT2D eigenvalue weighted by Gasteiger charge is -2.14. The van der Waals surface area contributed by atoms with Crippen LogP contribution in [0.1, 0.15) is 33.6 Å². The van der Waals surface area contributed by atoms with Gasteiger partial charge in [-0.15, -0.1) is 0 Å². The van der Waals surface area contributed by atoms with Gasteiger partial charge in [-0.3, -0.25) is 19.3 Å². The van der Waals surface area contributed by atoms with Crippen LogP contribution in [-0.4, -0.2) is 61.3 Å². The summed E-state index contributed by atoms with van der Waals surface area (Å²) in [6.45, 7) is 1.34. The summed E-state index contributed by atoms with van der Waals surface area (Å²) in [5, 5.41) is 2.74. The normalized spacial score (nSPS) is 13.7. The van der Waals surface area contributed by atoms with Crippen LogP contribution in [0.5, 0.6) is 0 Å². The molecule has 1 aliphatic heterocycles. The van der Waals surface area contributed by atoms with Crippen molar-refractivity contribution in [2.75, 3.05) is 33.7 Å². The number of benzene rings is 1. The summed E-state index contributed by atoms with van der Waals surface area (Å²) in [5.74, 6) is -2.18. The largest absolute Gasteiger partial charge is 0.356 e. The molecule has 0 saturated heterocycles. The summed E-state index contributed by atoms with van der Waals surface area (Å²) < 4.78 is 13.7. The lowest BCUT2D eigenvalue weighted by Crippen LogP contribution is -2.35. The minimum atomic E-state index is -0.712. The summed E-state index contributed by atoms with van der Waals surface area (Å²) in [4.78, 5) is 38.9. The predicted octanol–water partition coefficient (Wildman–Crippen LogP) is 0.880. The summed E-state index contributed by atoms with van der Waals surface area (Å²) in [5.41, 5.74) is -0.148. The Hall–Kier alpha value is -2.28. The zero-order chi connectivity index (χ0) is 17.0. The van der Waals surface area contributed by atoms with E-state index in [4.69, 9.17) is 0 Å². The zero-order valence-electron chi connectivity index (χ0n) is 13.3. The Morgan fingerprint density at radius 1 is 1.26 bits per heavy atom. The van der Waals surface area contributed by atoms with Gasteiger partial charge in [-0.2, -0.15) is 0 Å². The molecule has 0 fully saturated rings. The van der Waals surface area contributed by atoms with Crippen LogP contribution < -0.4 is 5.32 Å². The van der Waals surface area contributed by atoms with E-state index in [0.717, 1.165) is 23.9 Å². The lowest BCUT2D eigenvalue weighted by molar-refractivity contribution is -0.121. The fourth-order valence-electron chi connectivity index (χ4n) is 2.42. The van der Waals surface area contributed by atoms with E-state index >= 15 is 0 Å². The van der Waals surface area contributed by atoms with Gasteiger partial charge < -0.3 is 10.2 Å². The average molecular weight is 321 g/mol. The summed E-state index contributed by atoms with van der Waals surface area (Å²) >= 11 is 0. The highest BCUT2D eigenvalue weighted by Crippen LogP contribution is 2.25. The first kappa shape index (κ1) is 17.1. The average Bonchev–Trinajstić information content (AvgIpc) is 2.74. The van der Waals surface area contributed by atoms with E-state index in [1.165, 1.54) is 12.1 Å². The molecule has 0 aliphatic carbocycles. The molecule has 0 radical (unpaired) electrons. The highest BCUT2D eigenvalue weighted by Gasteiger charge is 2.37. The number of amides is 3. The molecule has 23 heavy (non-hydrogen) atoms. The monoisotopic (exact) mass is 321 g/mol. The van der Waals surface area contributed by atoms with E-state index in [-0.39, 0.29) is 30.0 Å². The maximum absolute atomic E-state index is 13.7. The second kappa shape index (κ2) is 7.32. The molecule has 0 aromatic heterocycles. The van der Waals surface area contributed by atoms with Gasteiger partial charge in [0.1, 0.15) is 5.82 Å².